The molecule has 0 radical (unpaired) electrons. The van der Waals surface area contributed by atoms with Crippen molar-refractivity contribution in [3.05, 3.63) is 53.3 Å². The smallest absolute Gasteiger partial charge is 0.252 e. The van der Waals surface area contributed by atoms with Crippen LogP contribution in [0.3, 0.4) is 0 Å². The molecule has 1 N–H and O–H groups in total. The van der Waals surface area contributed by atoms with Gasteiger partial charge in [-0.25, -0.2) is 4.98 Å². The Balaban J connectivity index is 1.75. The van der Waals surface area contributed by atoms with E-state index < -0.39 is 0 Å². The van der Waals surface area contributed by atoms with Gasteiger partial charge in [-0.3, -0.25) is 9.48 Å². The van der Waals surface area contributed by atoms with E-state index in [0.717, 1.165) is 28.0 Å². The van der Waals surface area contributed by atoms with Crippen molar-refractivity contribution in [3.8, 4) is 5.75 Å². The Bertz CT molecular complexity index is 947. The van der Waals surface area contributed by atoms with Crippen LogP contribution in [0, 0.1) is 6.92 Å². The van der Waals surface area contributed by atoms with Gasteiger partial charge in [-0.15, -0.1) is 0 Å². The number of pyridine rings is 1. The molecule has 0 aliphatic carbocycles. The van der Waals surface area contributed by atoms with Gasteiger partial charge in [-0.05, 0) is 44.8 Å². The lowest BCUT2D eigenvalue weighted by molar-refractivity contribution is 0.0941. The SMILES string of the molecule is COc1ccc(C(CNC(=O)c2cnc3c(c2)c(C)nn3C)N(C)C)cc1. The molecule has 1 amide bonds. The van der Waals surface area contributed by atoms with Crippen molar-refractivity contribution in [2.75, 3.05) is 27.7 Å². The van der Waals surface area contributed by atoms with Crippen molar-refractivity contribution in [3.63, 3.8) is 0 Å². The van der Waals surface area contributed by atoms with Crippen molar-refractivity contribution in [2.45, 2.75) is 13.0 Å². The van der Waals surface area contributed by atoms with Crippen LogP contribution in [0.5, 0.6) is 5.75 Å². The van der Waals surface area contributed by atoms with E-state index in [0.29, 0.717) is 12.1 Å². The van der Waals surface area contributed by atoms with Gasteiger partial charge in [0.05, 0.1) is 24.4 Å². The predicted octanol–water partition coefficient (Wildman–Crippen LogP) is 2.32. The molecule has 0 aliphatic heterocycles. The summed E-state index contributed by atoms with van der Waals surface area (Å²) in [5, 5.41) is 8.26. The zero-order valence-electron chi connectivity index (χ0n) is 16.4. The fourth-order valence-corrected chi connectivity index (χ4v) is 3.15. The van der Waals surface area contributed by atoms with Crippen LogP contribution in [-0.2, 0) is 7.05 Å². The maximum absolute atomic E-state index is 12.6. The lowest BCUT2D eigenvalue weighted by atomic mass is 10.1. The maximum Gasteiger partial charge on any atom is 0.252 e. The zero-order chi connectivity index (χ0) is 19.6. The first kappa shape index (κ1) is 18.8. The van der Waals surface area contributed by atoms with E-state index >= 15 is 0 Å². The number of hydrogen-bond donors (Lipinski definition) is 1. The van der Waals surface area contributed by atoms with Gasteiger partial charge in [-0.1, -0.05) is 12.1 Å². The number of benzene rings is 1. The van der Waals surface area contributed by atoms with Gasteiger partial charge in [-0.2, -0.15) is 5.10 Å². The molecular weight excluding hydrogens is 342 g/mol. The number of rotatable bonds is 6. The van der Waals surface area contributed by atoms with Gasteiger partial charge in [0, 0.05) is 25.2 Å². The fraction of sp³-hybridized carbons (Fsp3) is 0.350. The summed E-state index contributed by atoms with van der Waals surface area (Å²) < 4.78 is 6.94. The summed E-state index contributed by atoms with van der Waals surface area (Å²) in [5.74, 6) is 0.666. The third-order valence-electron chi connectivity index (χ3n) is 4.71. The highest BCUT2D eigenvalue weighted by atomic mass is 16.5. The number of amides is 1. The fourth-order valence-electron chi connectivity index (χ4n) is 3.15. The first-order chi connectivity index (χ1) is 12.9. The number of nitrogens with one attached hydrogen (secondary N) is 1. The predicted molar refractivity (Wildman–Crippen MR) is 105 cm³/mol. The van der Waals surface area contributed by atoms with Crippen LogP contribution in [-0.4, -0.2) is 53.3 Å². The highest BCUT2D eigenvalue weighted by molar-refractivity contribution is 5.97. The normalized spacial score (nSPS) is 12.4. The van der Waals surface area contributed by atoms with Crippen molar-refractivity contribution in [2.24, 2.45) is 7.05 Å². The van der Waals surface area contributed by atoms with Crippen LogP contribution < -0.4 is 10.1 Å². The summed E-state index contributed by atoms with van der Waals surface area (Å²) in [6, 6.07) is 9.78. The first-order valence-electron chi connectivity index (χ1n) is 8.78. The van der Waals surface area contributed by atoms with E-state index in [9.17, 15) is 4.79 Å². The van der Waals surface area contributed by atoms with Gasteiger partial charge < -0.3 is 15.0 Å². The van der Waals surface area contributed by atoms with E-state index in [-0.39, 0.29) is 11.9 Å². The van der Waals surface area contributed by atoms with Crippen molar-refractivity contribution in [1.82, 2.24) is 25.0 Å². The molecule has 7 heteroatoms. The highest BCUT2D eigenvalue weighted by Gasteiger charge is 2.17. The van der Waals surface area contributed by atoms with Crippen LogP contribution in [0.15, 0.2) is 36.5 Å². The Morgan fingerprint density at radius 3 is 2.63 bits per heavy atom. The number of aromatic nitrogens is 3. The third-order valence-corrected chi connectivity index (χ3v) is 4.71. The highest BCUT2D eigenvalue weighted by Crippen LogP contribution is 2.21. The molecule has 2 heterocycles. The van der Waals surface area contributed by atoms with Crippen LogP contribution in [0.2, 0.25) is 0 Å². The molecule has 3 rings (SSSR count). The topological polar surface area (TPSA) is 72.3 Å². The Hall–Kier alpha value is -2.93. The van der Waals surface area contributed by atoms with Crippen LogP contribution in [0.1, 0.15) is 27.7 Å². The zero-order valence-corrected chi connectivity index (χ0v) is 16.4. The summed E-state index contributed by atoms with van der Waals surface area (Å²) in [7, 11) is 7.48. The molecule has 0 spiro atoms. The average molecular weight is 367 g/mol. The number of hydrogen-bond acceptors (Lipinski definition) is 5. The number of likely N-dealkylation sites (N-methyl/N-ethyl adjacent to an activating group) is 1. The molecule has 1 unspecified atom stereocenters. The van der Waals surface area contributed by atoms with Gasteiger partial charge in [0.2, 0.25) is 0 Å². The molecule has 7 nitrogen and oxygen atoms in total. The van der Waals surface area contributed by atoms with E-state index in [1.165, 1.54) is 0 Å². The monoisotopic (exact) mass is 367 g/mol. The molecule has 0 bridgehead atoms. The molecular formula is C20H25N5O2. The molecule has 0 fully saturated rings. The second-order valence-corrected chi connectivity index (χ2v) is 6.77. The van der Waals surface area contributed by atoms with E-state index in [1.54, 1.807) is 18.0 Å². The Labute approximate surface area is 159 Å². The Morgan fingerprint density at radius 1 is 1.30 bits per heavy atom. The minimum absolute atomic E-state index is 0.0525. The van der Waals surface area contributed by atoms with Gasteiger partial charge in [0.15, 0.2) is 5.65 Å². The summed E-state index contributed by atoms with van der Waals surface area (Å²) in [5.41, 5.74) is 3.27. The van der Waals surface area contributed by atoms with Gasteiger partial charge in [0.25, 0.3) is 5.91 Å². The molecule has 1 atom stereocenters. The van der Waals surface area contributed by atoms with Crippen LogP contribution in [0.25, 0.3) is 11.0 Å². The molecule has 27 heavy (non-hydrogen) atoms. The molecule has 0 saturated heterocycles. The van der Waals surface area contributed by atoms with Gasteiger partial charge >= 0.3 is 0 Å². The van der Waals surface area contributed by atoms with E-state index in [1.807, 2.05) is 58.4 Å². The molecule has 142 valence electrons. The molecule has 3 aromatic rings. The molecule has 2 aromatic heterocycles. The summed E-state index contributed by atoms with van der Waals surface area (Å²) in [4.78, 5) is 19.1. The average Bonchev–Trinajstić information content (AvgIpc) is 2.95. The van der Waals surface area contributed by atoms with E-state index in [4.69, 9.17) is 4.74 Å². The van der Waals surface area contributed by atoms with Crippen molar-refractivity contribution < 1.29 is 9.53 Å². The van der Waals surface area contributed by atoms with Crippen LogP contribution >= 0.6 is 0 Å². The number of ether oxygens (including phenoxy) is 1. The Morgan fingerprint density at radius 2 is 2.00 bits per heavy atom. The van der Waals surface area contributed by atoms with Crippen molar-refractivity contribution >= 4 is 16.9 Å². The largest absolute Gasteiger partial charge is 0.497 e. The maximum atomic E-state index is 12.6. The van der Waals surface area contributed by atoms with Crippen LogP contribution in [0.4, 0.5) is 0 Å². The minimum Gasteiger partial charge on any atom is -0.497 e. The molecule has 0 saturated carbocycles. The van der Waals surface area contributed by atoms with Crippen molar-refractivity contribution in [1.29, 1.82) is 0 Å². The summed E-state index contributed by atoms with van der Waals surface area (Å²) in [6.45, 7) is 2.40. The number of nitrogens with zero attached hydrogens (tertiary/aromatic N) is 4. The van der Waals surface area contributed by atoms with Gasteiger partial charge in [0.1, 0.15) is 5.75 Å². The second kappa shape index (κ2) is 7.75. The standard InChI is InChI=1S/C20H25N5O2/c1-13-17-10-15(11-21-19(17)25(4)23-13)20(26)22-12-18(24(2)3)14-6-8-16(27-5)9-7-14/h6-11,18H,12H2,1-5H3,(H,22,26). The third kappa shape index (κ3) is 3.93. The first-order valence-corrected chi connectivity index (χ1v) is 8.78. The number of methoxy groups -OCH3 is 1. The summed E-state index contributed by atoms with van der Waals surface area (Å²) >= 11 is 0. The second-order valence-electron chi connectivity index (χ2n) is 6.77. The number of carbonyl (C=O) groups is 1. The number of fused-ring (bicyclic) bond motifs is 1. The number of aryl methyl sites for hydroxylation is 2. The van der Waals surface area contributed by atoms with E-state index in [2.05, 4.69) is 20.3 Å². The summed E-state index contributed by atoms with van der Waals surface area (Å²) in [6.07, 6.45) is 1.59. The quantitative estimate of drug-likeness (QED) is 0.724. The number of carbonyl (C=O) groups excluding carboxylic acids is 1. The minimum atomic E-state index is -0.145. The Kier molecular flexibility index (Phi) is 5.41. The molecule has 1 aromatic carbocycles. The lowest BCUT2D eigenvalue weighted by Crippen LogP contribution is -2.34. The lowest BCUT2D eigenvalue weighted by Gasteiger charge is -2.25. The molecule has 0 aliphatic rings.